The molecule has 2 aromatic rings. The summed E-state index contributed by atoms with van der Waals surface area (Å²) in [6, 6.07) is -0.886. The Bertz CT molecular complexity index is 1870. The second-order valence-corrected chi connectivity index (χ2v) is 20.9. The number of aliphatic hydroxyl groups excluding tert-OH is 2. The van der Waals surface area contributed by atoms with Crippen molar-refractivity contribution >= 4 is 35.6 Å². The van der Waals surface area contributed by atoms with E-state index in [-0.39, 0.29) is 109 Å². The molecule has 4 amide bonds. The van der Waals surface area contributed by atoms with Gasteiger partial charge in [-0.25, -0.2) is 9.36 Å². The van der Waals surface area contributed by atoms with Crippen LogP contribution in [0.5, 0.6) is 11.8 Å². The lowest BCUT2D eigenvalue weighted by molar-refractivity contribution is -0.138. The number of unbranched alkanes of at least 4 members (excludes halogenated alkanes) is 22. The maximum absolute atomic E-state index is 11.8. The van der Waals surface area contributed by atoms with Crippen molar-refractivity contribution < 1.29 is 68.1 Å². The summed E-state index contributed by atoms with van der Waals surface area (Å²) in [4.78, 5) is 67.4. The first-order chi connectivity index (χ1) is 40.7. The molecule has 0 spiro atoms. The Kier molecular flexibility index (Phi) is 62.1. The van der Waals surface area contributed by atoms with Crippen LogP contribution in [0.1, 0.15) is 241 Å². The van der Waals surface area contributed by atoms with Crippen molar-refractivity contribution in [3.8, 4) is 11.8 Å². The third-order valence-electron chi connectivity index (χ3n) is 12.9. The fraction of sp³-hybridized carbons (Fsp3) is 0.836. The molecule has 2 atom stereocenters. The van der Waals surface area contributed by atoms with Gasteiger partial charge < -0.3 is 60.6 Å². The van der Waals surface area contributed by atoms with Gasteiger partial charge in [-0.05, 0) is 25.7 Å². The predicted octanol–water partition coefficient (Wildman–Crippen LogP) is 9.13. The van der Waals surface area contributed by atoms with E-state index < -0.39 is 24.0 Å². The van der Waals surface area contributed by atoms with E-state index >= 15 is 0 Å². The van der Waals surface area contributed by atoms with Crippen molar-refractivity contribution in [3.63, 3.8) is 0 Å². The molecule has 0 aliphatic heterocycles. The lowest BCUT2D eigenvalue weighted by atomic mass is 10.1. The number of hydrogen-bond acceptors (Lipinski definition) is 16. The van der Waals surface area contributed by atoms with Crippen LogP contribution in [-0.2, 0) is 51.3 Å². The Morgan fingerprint density at radius 1 is 0.447 bits per heavy atom. The first kappa shape index (κ1) is 83.8. The number of methoxy groups -OCH3 is 2. The van der Waals surface area contributed by atoms with Gasteiger partial charge in [-0.2, -0.15) is 0 Å². The van der Waals surface area contributed by atoms with E-state index in [1.165, 1.54) is 136 Å². The zero-order valence-corrected chi connectivity index (χ0v) is 52.6. The number of nitrogens with one attached hydrogen (secondary N) is 4. The summed E-state index contributed by atoms with van der Waals surface area (Å²) in [7, 11) is 2.98. The molecule has 2 aromatic heterocycles. The number of aliphatic carboxylic acids is 2. The summed E-state index contributed by atoms with van der Waals surface area (Å²) in [5, 5.41) is 61.4. The van der Waals surface area contributed by atoms with E-state index in [1.54, 1.807) is 21.8 Å². The van der Waals surface area contributed by atoms with Crippen molar-refractivity contribution in [2.75, 3.05) is 67.0 Å². The van der Waals surface area contributed by atoms with Crippen LogP contribution in [0.4, 0.5) is 0 Å². The third kappa shape index (κ3) is 58.7. The average molecular weight is 1220 g/mol. The van der Waals surface area contributed by atoms with Gasteiger partial charge in [0.1, 0.15) is 0 Å². The van der Waals surface area contributed by atoms with Gasteiger partial charge in [0, 0.05) is 66.1 Å². The number of carboxylic acids is 2. The predicted molar refractivity (Wildman–Crippen MR) is 331 cm³/mol. The lowest BCUT2D eigenvalue weighted by Crippen LogP contribution is -2.41. The molecule has 0 aromatic carbocycles. The summed E-state index contributed by atoms with van der Waals surface area (Å²) in [5.74, 6) is -1.46. The highest BCUT2D eigenvalue weighted by molar-refractivity contribution is 5.80. The van der Waals surface area contributed by atoms with Gasteiger partial charge in [-0.1, -0.05) is 197 Å². The molecule has 0 aliphatic carbocycles. The molecule has 8 N–H and O–H groups in total. The Morgan fingerprint density at radius 3 is 1.06 bits per heavy atom. The molecule has 0 saturated carbocycles. The molecule has 0 fully saturated rings. The van der Waals surface area contributed by atoms with Crippen LogP contribution in [0, 0.1) is 0 Å². The summed E-state index contributed by atoms with van der Waals surface area (Å²) in [5.41, 5.74) is 0. The zero-order chi connectivity index (χ0) is 62.5. The molecular weight excluding hydrogens is 1100 g/mol. The van der Waals surface area contributed by atoms with Gasteiger partial charge in [-0.15, -0.1) is 0 Å². The highest BCUT2D eigenvalue weighted by atomic mass is 16.5. The second kappa shape index (κ2) is 63.1. The van der Waals surface area contributed by atoms with Crippen molar-refractivity contribution in [1.82, 2.24) is 51.3 Å². The van der Waals surface area contributed by atoms with Crippen LogP contribution in [0.3, 0.4) is 0 Å². The Balaban J connectivity index is -0.00000111. The minimum absolute atomic E-state index is 0. The molecule has 0 bridgehead atoms. The molecular formula is C61H118N10O14. The molecule has 24 nitrogen and oxygen atoms in total. The van der Waals surface area contributed by atoms with Crippen molar-refractivity contribution in [2.24, 2.45) is 0 Å². The highest BCUT2D eigenvalue weighted by Crippen LogP contribution is 2.12. The number of carbonyl (C=O) groups is 6. The number of hydrogen-bond donors (Lipinski definition) is 8. The lowest BCUT2D eigenvalue weighted by Gasteiger charge is -2.15. The first-order valence-corrected chi connectivity index (χ1v) is 31.5. The van der Waals surface area contributed by atoms with Crippen molar-refractivity contribution in [2.45, 2.75) is 266 Å². The quantitative estimate of drug-likeness (QED) is 0.0286. The van der Waals surface area contributed by atoms with E-state index in [4.69, 9.17) is 39.4 Å². The largest absolute Gasteiger partial charge is 0.481 e. The first-order valence-electron chi connectivity index (χ1n) is 31.5. The van der Waals surface area contributed by atoms with Gasteiger partial charge in [0.05, 0.1) is 77.0 Å². The molecule has 24 heteroatoms. The summed E-state index contributed by atoms with van der Waals surface area (Å²) in [6.07, 6.45) is 36.1. The molecule has 0 aliphatic rings. The third-order valence-corrected chi connectivity index (χ3v) is 12.9. The number of ether oxygens (including phenoxy) is 4. The molecule has 85 heavy (non-hydrogen) atoms. The van der Waals surface area contributed by atoms with Crippen molar-refractivity contribution in [3.05, 3.63) is 12.4 Å². The highest BCUT2D eigenvalue weighted by Gasteiger charge is 2.14. The number of carboxylic acid groups (broad SMARTS) is 2. The maximum atomic E-state index is 11.8. The van der Waals surface area contributed by atoms with E-state index in [0.29, 0.717) is 24.6 Å². The topological polar surface area (TPSA) is 330 Å². The van der Waals surface area contributed by atoms with Crippen LogP contribution in [-0.4, -0.2) is 165 Å². The van der Waals surface area contributed by atoms with Crippen molar-refractivity contribution in [1.29, 1.82) is 0 Å². The van der Waals surface area contributed by atoms with Gasteiger partial charge in [-0.3, -0.25) is 28.8 Å². The summed E-state index contributed by atoms with van der Waals surface area (Å²) >= 11 is 0. The Hall–Kier alpha value is -5.46. The average Bonchev–Trinajstić information content (AvgIpc) is 4.14. The van der Waals surface area contributed by atoms with Gasteiger partial charge >= 0.3 is 11.9 Å². The van der Waals surface area contributed by atoms with Gasteiger partial charge in [0.25, 0.3) is 11.8 Å². The van der Waals surface area contributed by atoms with E-state index in [9.17, 15) is 28.8 Å². The monoisotopic (exact) mass is 1210 g/mol. The SMILES string of the molecule is C.CCCCCCCCCCC(=O)O.CCCCCCCCCCCC(=O)O.CCCCCCCn1cc(OCCC(=O)NCCC(=O)NC(CO)COC)nn1.CCCCCCn1cc(OCCC(=O)NCCC(=O)NC(CO)COC)nn1. The molecule has 0 radical (unpaired) electrons. The van der Waals surface area contributed by atoms with E-state index in [0.717, 1.165) is 58.0 Å². The number of aryl methyl sites for hydroxylation is 2. The number of aromatic nitrogens is 6. The normalized spacial score (nSPS) is 11.2. The standard InChI is InChI=1S/C19H35N5O5.C18H33N5O5.C12H24O2.C11H22O2.CH4/c1-3-4-5-6-7-11-24-13-19(22-23-24)29-12-9-17(26)20-10-8-18(27)21-16(14-25)15-28-2;1-3-4-5-6-10-23-12-18(21-22-23)28-11-8-16(25)19-9-7-17(26)20-15(13-24)14-27-2;1-2-3-4-5-6-7-8-9-10-11-12(13)14;1-2-3-4-5-6-7-8-9-10-11(12)13;/h13,16,25H,3-12,14-15H2,1-2H3,(H,20,26)(H,21,27);12,15,24H,3-11,13-14H2,1-2H3,(H,19,25)(H,20,26);2-11H2,1H3,(H,13,14);2-10H2,1H3,(H,12,13);1H4. The number of nitrogens with zero attached hydrogens (tertiary/aromatic N) is 6. The molecule has 2 heterocycles. The molecule has 496 valence electrons. The number of aliphatic hydroxyl groups is 2. The fourth-order valence-corrected chi connectivity index (χ4v) is 8.07. The summed E-state index contributed by atoms with van der Waals surface area (Å²) in [6.45, 7) is 11.3. The molecule has 2 rings (SSSR count). The van der Waals surface area contributed by atoms with Gasteiger partial charge in [0.2, 0.25) is 23.6 Å². The number of amides is 4. The van der Waals surface area contributed by atoms with Gasteiger partial charge in [0.15, 0.2) is 0 Å². The molecule has 0 saturated heterocycles. The van der Waals surface area contributed by atoms with Crippen LogP contribution in [0.25, 0.3) is 0 Å². The fourth-order valence-electron chi connectivity index (χ4n) is 8.07. The number of rotatable bonds is 52. The maximum Gasteiger partial charge on any atom is 0.303 e. The minimum atomic E-state index is -0.661. The minimum Gasteiger partial charge on any atom is -0.481 e. The van der Waals surface area contributed by atoms with Crippen LogP contribution in [0.2, 0.25) is 0 Å². The smallest absolute Gasteiger partial charge is 0.303 e. The Morgan fingerprint density at radius 2 is 0.753 bits per heavy atom. The van der Waals surface area contributed by atoms with Crippen LogP contribution < -0.4 is 30.7 Å². The Labute approximate surface area is 510 Å². The second-order valence-electron chi connectivity index (χ2n) is 20.9. The molecule has 2 unspecified atom stereocenters. The zero-order valence-electron chi connectivity index (χ0n) is 52.6. The van der Waals surface area contributed by atoms with E-state index in [2.05, 4.69) is 69.6 Å². The van der Waals surface area contributed by atoms with Crippen LogP contribution in [0.15, 0.2) is 12.4 Å². The van der Waals surface area contributed by atoms with Crippen LogP contribution >= 0.6 is 0 Å². The van der Waals surface area contributed by atoms with E-state index in [1.807, 2.05) is 0 Å². The number of carbonyl (C=O) groups excluding carboxylic acids is 4. The summed E-state index contributed by atoms with van der Waals surface area (Å²) < 4.78 is 24.1.